The van der Waals surface area contributed by atoms with Crippen LogP contribution in [0.4, 0.5) is 5.69 Å². The summed E-state index contributed by atoms with van der Waals surface area (Å²) in [5.74, 6) is 0. The lowest BCUT2D eigenvalue weighted by molar-refractivity contribution is 0.107. The monoisotopic (exact) mass is 369 g/mol. The number of benzene rings is 2. The molecule has 18 heavy (non-hydrogen) atoms. The molecule has 0 bridgehead atoms. The average molecular weight is 371 g/mol. The summed E-state index contributed by atoms with van der Waals surface area (Å²) in [6.45, 7) is 1.11. The summed E-state index contributed by atoms with van der Waals surface area (Å²) >= 11 is 6.79. The molecule has 4 heteroatoms. The van der Waals surface area contributed by atoms with Gasteiger partial charge in [-0.05, 0) is 29.8 Å². The minimum Gasteiger partial charge on any atom is -0.398 e. The highest BCUT2D eigenvalue weighted by Gasteiger charge is 2.00. The number of ether oxygens (including phenoxy) is 1. The lowest BCUT2D eigenvalue weighted by Gasteiger charge is -2.07. The molecule has 0 aliphatic heterocycles. The van der Waals surface area contributed by atoms with Crippen molar-refractivity contribution in [2.45, 2.75) is 13.2 Å². The first-order valence-electron chi connectivity index (χ1n) is 5.51. The molecule has 0 spiro atoms. The van der Waals surface area contributed by atoms with Crippen LogP contribution < -0.4 is 5.73 Å². The van der Waals surface area contributed by atoms with E-state index in [4.69, 9.17) is 10.5 Å². The van der Waals surface area contributed by atoms with E-state index in [1.165, 1.54) is 0 Å². The van der Waals surface area contributed by atoms with Gasteiger partial charge in [0.15, 0.2) is 0 Å². The molecule has 0 radical (unpaired) electrons. The summed E-state index contributed by atoms with van der Waals surface area (Å²) in [4.78, 5) is 0. The zero-order valence-corrected chi connectivity index (χ0v) is 12.9. The third-order valence-electron chi connectivity index (χ3n) is 2.55. The molecular weight excluding hydrogens is 358 g/mol. The first kappa shape index (κ1) is 13.6. The predicted molar refractivity (Wildman–Crippen MR) is 81.2 cm³/mol. The van der Waals surface area contributed by atoms with E-state index in [0.29, 0.717) is 13.2 Å². The molecule has 2 rings (SSSR count). The SMILES string of the molecule is Nc1cc(Br)ccc1COCc1ccc(Br)cc1. The zero-order chi connectivity index (χ0) is 13.0. The summed E-state index contributed by atoms with van der Waals surface area (Å²) < 4.78 is 7.71. The van der Waals surface area contributed by atoms with E-state index in [1.807, 2.05) is 42.5 Å². The Morgan fingerprint density at radius 3 is 2.22 bits per heavy atom. The summed E-state index contributed by atoms with van der Waals surface area (Å²) in [5.41, 5.74) is 8.81. The normalized spacial score (nSPS) is 10.6. The van der Waals surface area contributed by atoms with Crippen molar-refractivity contribution < 1.29 is 4.74 Å². The minimum atomic E-state index is 0.523. The molecule has 0 atom stereocenters. The van der Waals surface area contributed by atoms with Crippen LogP contribution in [0.3, 0.4) is 0 Å². The molecule has 0 aliphatic rings. The van der Waals surface area contributed by atoms with Crippen molar-refractivity contribution in [3.8, 4) is 0 Å². The van der Waals surface area contributed by atoms with Crippen LogP contribution >= 0.6 is 31.9 Å². The topological polar surface area (TPSA) is 35.2 Å². The van der Waals surface area contributed by atoms with Crippen molar-refractivity contribution in [3.63, 3.8) is 0 Å². The molecule has 0 unspecified atom stereocenters. The third-order valence-corrected chi connectivity index (χ3v) is 3.57. The highest BCUT2D eigenvalue weighted by Crippen LogP contribution is 2.19. The number of nitrogens with two attached hydrogens (primary N) is 1. The van der Waals surface area contributed by atoms with Gasteiger partial charge in [0.1, 0.15) is 0 Å². The zero-order valence-electron chi connectivity index (χ0n) is 9.70. The average Bonchev–Trinajstić information content (AvgIpc) is 2.34. The van der Waals surface area contributed by atoms with Crippen LogP contribution in [0.1, 0.15) is 11.1 Å². The number of nitrogen functional groups attached to an aromatic ring is 1. The van der Waals surface area contributed by atoms with Gasteiger partial charge in [0.05, 0.1) is 13.2 Å². The molecule has 0 saturated heterocycles. The number of hydrogen-bond acceptors (Lipinski definition) is 2. The Bertz CT molecular complexity index is 526. The van der Waals surface area contributed by atoms with Crippen LogP contribution in [-0.4, -0.2) is 0 Å². The van der Waals surface area contributed by atoms with Gasteiger partial charge in [-0.2, -0.15) is 0 Å². The Kier molecular flexibility index (Phi) is 4.80. The second kappa shape index (κ2) is 6.36. The van der Waals surface area contributed by atoms with E-state index in [2.05, 4.69) is 31.9 Å². The van der Waals surface area contributed by atoms with Crippen LogP contribution in [0, 0.1) is 0 Å². The molecule has 0 fully saturated rings. The van der Waals surface area contributed by atoms with Gasteiger partial charge in [0.2, 0.25) is 0 Å². The highest BCUT2D eigenvalue weighted by atomic mass is 79.9. The van der Waals surface area contributed by atoms with Gasteiger partial charge in [0.25, 0.3) is 0 Å². The van der Waals surface area contributed by atoms with Gasteiger partial charge < -0.3 is 10.5 Å². The second-order valence-electron chi connectivity index (χ2n) is 3.96. The lowest BCUT2D eigenvalue weighted by atomic mass is 10.2. The predicted octanol–water partition coefficient (Wildman–Crippen LogP) is 4.51. The molecule has 0 amide bonds. The Hall–Kier alpha value is -0.840. The van der Waals surface area contributed by atoms with Crippen LogP contribution in [0.5, 0.6) is 0 Å². The van der Waals surface area contributed by atoms with E-state index in [0.717, 1.165) is 25.8 Å². The van der Waals surface area contributed by atoms with E-state index in [9.17, 15) is 0 Å². The van der Waals surface area contributed by atoms with E-state index in [1.54, 1.807) is 0 Å². The van der Waals surface area contributed by atoms with Gasteiger partial charge >= 0.3 is 0 Å². The van der Waals surface area contributed by atoms with E-state index < -0.39 is 0 Å². The Morgan fingerprint density at radius 2 is 1.56 bits per heavy atom. The summed E-state index contributed by atoms with van der Waals surface area (Å²) in [6, 6.07) is 13.9. The Morgan fingerprint density at radius 1 is 0.889 bits per heavy atom. The van der Waals surface area contributed by atoms with Crippen molar-refractivity contribution in [1.82, 2.24) is 0 Å². The van der Waals surface area contributed by atoms with Crippen molar-refractivity contribution in [1.29, 1.82) is 0 Å². The number of anilines is 1. The molecule has 2 nitrogen and oxygen atoms in total. The molecule has 0 aliphatic carbocycles. The van der Waals surface area contributed by atoms with Crippen molar-refractivity contribution >= 4 is 37.5 Å². The van der Waals surface area contributed by atoms with Gasteiger partial charge in [-0.1, -0.05) is 50.1 Å². The molecule has 0 heterocycles. The van der Waals surface area contributed by atoms with Crippen molar-refractivity contribution in [2.24, 2.45) is 0 Å². The van der Waals surface area contributed by atoms with Crippen LogP contribution in [0.15, 0.2) is 51.4 Å². The summed E-state index contributed by atoms with van der Waals surface area (Å²) in [6.07, 6.45) is 0. The van der Waals surface area contributed by atoms with Crippen LogP contribution in [0.2, 0.25) is 0 Å². The largest absolute Gasteiger partial charge is 0.398 e. The van der Waals surface area contributed by atoms with Crippen molar-refractivity contribution in [2.75, 3.05) is 5.73 Å². The van der Waals surface area contributed by atoms with Crippen molar-refractivity contribution in [3.05, 3.63) is 62.5 Å². The molecule has 0 saturated carbocycles. The fourth-order valence-electron chi connectivity index (χ4n) is 1.56. The number of rotatable bonds is 4. The van der Waals surface area contributed by atoms with Gasteiger partial charge in [-0.3, -0.25) is 0 Å². The molecular formula is C14H13Br2NO. The van der Waals surface area contributed by atoms with Crippen LogP contribution in [0.25, 0.3) is 0 Å². The smallest absolute Gasteiger partial charge is 0.0741 e. The van der Waals surface area contributed by atoms with Gasteiger partial charge in [-0.15, -0.1) is 0 Å². The standard InChI is InChI=1S/C14H13Br2NO/c15-12-4-1-10(2-5-12)8-18-9-11-3-6-13(16)7-14(11)17/h1-7H,8-9,17H2. The maximum atomic E-state index is 5.90. The number of hydrogen-bond donors (Lipinski definition) is 1. The molecule has 2 aromatic carbocycles. The number of halogens is 2. The summed E-state index contributed by atoms with van der Waals surface area (Å²) in [7, 11) is 0. The van der Waals surface area contributed by atoms with Gasteiger partial charge in [-0.25, -0.2) is 0 Å². The quantitative estimate of drug-likeness (QED) is 0.803. The fourth-order valence-corrected chi connectivity index (χ4v) is 2.20. The maximum Gasteiger partial charge on any atom is 0.0741 e. The first-order valence-corrected chi connectivity index (χ1v) is 7.10. The van der Waals surface area contributed by atoms with E-state index in [-0.39, 0.29) is 0 Å². The summed E-state index contributed by atoms with van der Waals surface area (Å²) in [5, 5.41) is 0. The van der Waals surface area contributed by atoms with Gasteiger partial charge in [0, 0.05) is 20.2 Å². The minimum absolute atomic E-state index is 0.523. The third kappa shape index (κ3) is 3.83. The molecule has 2 N–H and O–H groups in total. The lowest BCUT2D eigenvalue weighted by Crippen LogP contribution is -1.98. The second-order valence-corrected chi connectivity index (χ2v) is 5.79. The maximum absolute atomic E-state index is 5.90. The van der Waals surface area contributed by atoms with Crippen LogP contribution in [-0.2, 0) is 18.0 Å². The molecule has 0 aromatic heterocycles. The fraction of sp³-hybridized carbons (Fsp3) is 0.143. The molecule has 94 valence electrons. The molecule has 2 aromatic rings. The highest BCUT2D eigenvalue weighted by molar-refractivity contribution is 9.10. The Balaban J connectivity index is 1.90. The first-order chi connectivity index (χ1) is 8.65. The Labute approximate surface area is 123 Å². The van der Waals surface area contributed by atoms with E-state index >= 15 is 0 Å².